The lowest BCUT2D eigenvalue weighted by Crippen LogP contribution is -2.40. The first-order valence-electron chi connectivity index (χ1n) is 9.42. The molecular weight excluding hydrogens is 350 g/mol. The van der Waals surface area contributed by atoms with Gasteiger partial charge in [-0.25, -0.2) is 0 Å². The molecule has 0 aromatic heterocycles. The minimum absolute atomic E-state index is 0.143. The second-order valence-electron chi connectivity index (χ2n) is 6.45. The van der Waals surface area contributed by atoms with E-state index in [1.165, 1.54) is 0 Å². The van der Waals surface area contributed by atoms with Crippen LogP contribution in [0.2, 0.25) is 0 Å². The van der Waals surface area contributed by atoms with E-state index < -0.39 is 6.10 Å². The summed E-state index contributed by atoms with van der Waals surface area (Å²) in [4.78, 5) is 13.0. The standard InChI is InChI=1S/C24H25NO3/c1-3-22(28-21-16-14-20(27-2)15-17-21)24(26)25-23(18-10-6-4-7-11-18)19-12-8-5-9-13-19/h4-17,22-23H,3H2,1-2H3,(H,25,26)/t22-/m1/s1. The molecule has 0 fully saturated rings. The van der Waals surface area contributed by atoms with Crippen molar-refractivity contribution in [1.29, 1.82) is 0 Å². The molecule has 0 bridgehead atoms. The molecular formula is C24H25NO3. The Morgan fingerprint density at radius 1 is 0.821 bits per heavy atom. The summed E-state index contributed by atoms with van der Waals surface area (Å²) in [5, 5.41) is 3.15. The van der Waals surface area contributed by atoms with E-state index in [1.54, 1.807) is 19.2 Å². The van der Waals surface area contributed by atoms with Crippen LogP contribution in [0.5, 0.6) is 11.5 Å². The van der Waals surface area contributed by atoms with E-state index in [1.807, 2.05) is 79.7 Å². The van der Waals surface area contributed by atoms with Crippen molar-refractivity contribution in [3.05, 3.63) is 96.1 Å². The maximum absolute atomic E-state index is 13.0. The number of nitrogens with one attached hydrogen (secondary N) is 1. The minimum Gasteiger partial charge on any atom is -0.497 e. The molecule has 0 aliphatic heterocycles. The maximum Gasteiger partial charge on any atom is 0.261 e. The van der Waals surface area contributed by atoms with Gasteiger partial charge in [0, 0.05) is 0 Å². The number of carbonyl (C=O) groups is 1. The summed E-state index contributed by atoms with van der Waals surface area (Å²) in [6, 6.07) is 26.9. The fraction of sp³-hybridized carbons (Fsp3) is 0.208. The van der Waals surface area contributed by atoms with Crippen molar-refractivity contribution in [3.8, 4) is 11.5 Å². The Bertz CT molecular complexity index is 824. The van der Waals surface area contributed by atoms with E-state index in [-0.39, 0.29) is 11.9 Å². The normalized spacial score (nSPS) is 11.7. The smallest absolute Gasteiger partial charge is 0.261 e. The minimum atomic E-state index is -0.580. The van der Waals surface area contributed by atoms with E-state index in [0.717, 1.165) is 16.9 Å². The topological polar surface area (TPSA) is 47.6 Å². The first kappa shape index (κ1) is 19.5. The number of ether oxygens (including phenoxy) is 2. The van der Waals surface area contributed by atoms with Gasteiger partial charge in [0.25, 0.3) is 5.91 Å². The Labute approximate surface area is 166 Å². The lowest BCUT2D eigenvalue weighted by Gasteiger charge is -2.24. The SMILES string of the molecule is CC[C@@H](Oc1ccc(OC)cc1)C(=O)NC(c1ccccc1)c1ccccc1. The zero-order chi connectivity index (χ0) is 19.8. The number of hydrogen-bond acceptors (Lipinski definition) is 3. The predicted octanol–water partition coefficient (Wildman–Crippen LogP) is 4.76. The quantitative estimate of drug-likeness (QED) is 0.618. The summed E-state index contributed by atoms with van der Waals surface area (Å²) in [5.41, 5.74) is 2.06. The van der Waals surface area contributed by atoms with Crippen LogP contribution in [0.4, 0.5) is 0 Å². The highest BCUT2D eigenvalue weighted by Crippen LogP contribution is 2.23. The summed E-state index contributed by atoms with van der Waals surface area (Å²) in [5.74, 6) is 1.24. The third-order valence-corrected chi connectivity index (χ3v) is 4.55. The van der Waals surface area contributed by atoms with Gasteiger partial charge < -0.3 is 14.8 Å². The average Bonchev–Trinajstić information content (AvgIpc) is 2.77. The van der Waals surface area contributed by atoms with E-state index in [4.69, 9.17) is 9.47 Å². The maximum atomic E-state index is 13.0. The van der Waals surface area contributed by atoms with Gasteiger partial charge in [-0.1, -0.05) is 67.6 Å². The molecule has 1 atom stereocenters. The summed E-state index contributed by atoms with van der Waals surface area (Å²) in [6.45, 7) is 1.94. The van der Waals surface area contributed by atoms with Gasteiger partial charge in [-0.15, -0.1) is 0 Å². The molecule has 0 aliphatic carbocycles. The molecule has 1 amide bonds. The Hall–Kier alpha value is -3.27. The molecule has 0 saturated carbocycles. The summed E-state index contributed by atoms with van der Waals surface area (Å²) in [7, 11) is 1.62. The van der Waals surface area contributed by atoms with Crippen molar-refractivity contribution in [2.75, 3.05) is 7.11 Å². The van der Waals surface area contributed by atoms with Crippen molar-refractivity contribution >= 4 is 5.91 Å². The Kier molecular flexibility index (Phi) is 6.68. The van der Waals surface area contributed by atoms with E-state index in [0.29, 0.717) is 12.2 Å². The van der Waals surface area contributed by atoms with Crippen molar-refractivity contribution in [1.82, 2.24) is 5.32 Å². The van der Waals surface area contributed by atoms with Gasteiger partial charge in [0.15, 0.2) is 6.10 Å². The van der Waals surface area contributed by atoms with Crippen LogP contribution in [-0.4, -0.2) is 19.1 Å². The van der Waals surface area contributed by atoms with Crippen LogP contribution in [0.25, 0.3) is 0 Å². The Morgan fingerprint density at radius 3 is 1.79 bits per heavy atom. The van der Waals surface area contributed by atoms with Crippen LogP contribution in [0.3, 0.4) is 0 Å². The molecule has 144 valence electrons. The first-order chi connectivity index (χ1) is 13.7. The molecule has 0 unspecified atom stereocenters. The van der Waals surface area contributed by atoms with Crippen LogP contribution in [0.1, 0.15) is 30.5 Å². The molecule has 4 heteroatoms. The molecule has 0 saturated heterocycles. The molecule has 0 spiro atoms. The Morgan fingerprint density at radius 2 is 1.32 bits per heavy atom. The summed E-state index contributed by atoms with van der Waals surface area (Å²) in [6.07, 6.45) is -0.0166. The molecule has 0 aliphatic rings. The van der Waals surface area contributed by atoms with Crippen LogP contribution in [0, 0.1) is 0 Å². The van der Waals surface area contributed by atoms with Gasteiger partial charge in [-0.2, -0.15) is 0 Å². The van der Waals surface area contributed by atoms with E-state index in [9.17, 15) is 4.79 Å². The lowest BCUT2D eigenvalue weighted by molar-refractivity contribution is -0.128. The fourth-order valence-corrected chi connectivity index (χ4v) is 3.03. The van der Waals surface area contributed by atoms with Crippen LogP contribution in [0.15, 0.2) is 84.9 Å². The van der Waals surface area contributed by atoms with E-state index >= 15 is 0 Å². The van der Waals surface area contributed by atoms with E-state index in [2.05, 4.69) is 5.32 Å². The molecule has 28 heavy (non-hydrogen) atoms. The second kappa shape index (κ2) is 9.60. The van der Waals surface area contributed by atoms with Crippen LogP contribution in [-0.2, 0) is 4.79 Å². The van der Waals surface area contributed by atoms with Gasteiger partial charge in [0.1, 0.15) is 11.5 Å². The molecule has 1 N–H and O–H groups in total. The average molecular weight is 375 g/mol. The number of rotatable bonds is 8. The zero-order valence-corrected chi connectivity index (χ0v) is 16.2. The predicted molar refractivity (Wildman–Crippen MR) is 111 cm³/mol. The molecule has 0 heterocycles. The molecule has 3 aromatic rings. The summed E-state index contributed by atoms with van der Waals surface area (Å²) < 4.78 is 11.1. The zero-order valence-electron chi connectivity index (χ0n) is 16.2. The van der Waals surface area contributed by atoms with Gasteiger partial charge in [-0.3, -0.25) is 4.79 Å². The van der Waals surface area contributed by atoms with Gasteiger partial charge >= 0.3 is 0 Å². The largest absolute Gasteiger partial charge is 0.497 e. The second-order valence-corrected chi connectivity index (χ2v) is 6.45. The van der Waals surface area contributed by atoms with Crippen LogP contribution >= 0.6 is 0 Å². The van der Waals surface area contributed by atoms with Crippen molar-refractivity contribution < 1.29 is 14.3 Å². The molecule has 4 nitrogen and oxygen atoms in total. The first-order valence-corrected chi connectivity index (χ1v) is 9.42. The lowest BCUT2D eigenvalue weighted by atomic mass is 9.98. The fourth-order valence-electron chi connectivity index (χ4n) is 3.03. The third-order valence-electron chi connectivity index (χ3n) is 4.55. The number of methoxy groups -OCH3 is 1. The number of benzene rings is 3. The Balaban J connectivity index is 1.77. The molecule has 3 rings (SSSR count). The summed E-state index contributed by atoms with van der Waals surface area (Å²) >= 11 is 0. The van der Waals surface area contributed by atoms with Crippen LogP contribution < -0.4 is 14.8 Å². The highest BCUT2D eigenvalue weighted by atomic mass is 16.5. The monoisotopic (exact) mass is 375 g/mol. The third kappa shape index (κ3) is 4.92. The number of carbonyl (C=O) groups excluding carboxylic acids is 1. The number of amides is 1. The molecule has 3 aromatic carbocycles. The highest BCUT2D eigenvalue weighted by Gasteiger charge is 2.23. The van der Waals surface area contributed by atoms with Crippen molar-refractivity contribution in [2.24, 2.45) is 0 Å². The molecule has 0 radical (unpaired) electrons. The van der Waals surface area contributed by atoms with Crippen molar-refractivity contribution in [2.45, 2.75) is 25.5 Å². The van der Waals surface area contributed by atoms with Gasteiger partial charge in [0.05, 0.1) is 13.2 Å². The highest BCUT2D eigenvalue weighted by molar-refractivity contribution is 5.82. The van der Waals surface area contributed by atoms with Crippen molar-refractivity contribution in [3.63, 3.8) is 0 Å². The van der Waals surface area contributed by atoms with Gasteiger partial charge in [0.2, 0.25) is 0 Å². The van der Waals surface area contributed by atoms with Gasteiger partial charge in [-0.05, 0) is 41.8 Å². The number of hydrogen-bond donors (Lipinski definition) is 1.